The van der Waals surface area contributed by atoms with E-state index in [9.17, 15) is 19.2 Å². The van der Waals surface area contributed by atoms with Crippen molar-refractivity contribution in [2.24, 2.45) is 22.9 Å². The Morgan fingerprint density at radius 2 is 0.512 bits per heavy atom. The molecule has 0 heterocycles. The zero-order chi connectivity index (χ0) is 57.5. The van der Waals surface area contributed by atoms with Crippen molar-refractivity contribution in [2.75, 3.05) is 73.9 Å². The van der Waals surface area contributed by atoms with Gasteiger partial charge in [-0.2, -0.15) is 0 Å². The van der Waals surface area contributed by atoms with Gasteiger partial charge in [-0.25, -0.2) is 0 Å². The number of fused-ring (bicyclic) bond motifs is 8. The summed E-state index contributed by atoms with van der Waals surface area (Å²) in [7, 11) is 0. The number of benzene rings is 4. The van der Waals surface area contributed by atoms with Crippen molar-refractivity contribution in [3.63, 3.8) is 0 Å². The summed E-state index contributed by atoms with van der Waals surface area (Å²) in [5.41, 5.74) is 32.1. The molecule has 0 spiro atoms. The predicted octanol–water partition coefficient (Wildman–Crippen LogP) is 11.3. The van der Waals surface area contributed by atoms with Crippen LogP contribution in [0.5, 0.6) is 23.0 Å². The highest BCUT2D eigenvalue weighted by molar-refractivity contribution is 5.93. The van der Waals surface area contributed by atoms with Crippen molar-refractivity contribution in [1.29, 1.82) is 0 Å². The molecule has 0 aliphatic heterocycles. The van der Waals surface area contributed by atoms with Crippen molar-refractivity contribution < 1.29 is 38.1 Å². The molecule has 0 atom stereocenters. The first-order chi connectivity index (χ1) is 39.0. The Hall–Kier alpha value is -6.20. The summed E-state index contributed by atoms with van der Waals surface area (Å²) in [5, 5.41) is 13.0. The molecule has 0 saturated heterocycles. The third kappa shape index (κ3) is 21.4. The van der Waals surface area contributed by atoms with Gasteiger partial charge in [-0.3, -0.25) is 19.2 Å². The van der Waals surface area contributed by atoms with Crippen LogP contribution in [0.25, 0.3) is 0 Å². The molecule has 80 heavy (non-hydrogen) atoms. The minimum absolute atomic E-state index is 0.108. The summed E-state index contributed by atoms with van der Waals surface area (Å²) in [4.78, 5) is 55.3. The molecule has 4 aromatic rings. The number of nitrogens with one attached hydrogen (secondary N) is 4. The fourth-order valence-electron chi connectivity index (χ4n) is 10.1. The van der Waals surface area contributed by atoms with Crippen molar-refractivity contribution in [2.45, 2.75) is 182 Å². The summed E-state index contributed by atoms with van der Waals surface area (Å²) in [6.07, 6.45) is 15.0. The lowest BCUT2D eigenvalue weighted by molar-refractivity contribution is -0.117. The molecule has 440 valence electrons. The Labute approximate surface area is 477 Å². The molecule has 16 nitrogen and oxygen atoms in total. The second-order valence-electron chi connectivity index (χ2n) is 21.2. The van der Waals surface area contributed by atoms with Gasteiger partial charge in [-0.1, -0.05) is 53.4 Å². The Bertz CT molecular complexity index is 2140. The molecular formula is C64H96N8O8. The van der Waals surface area contributed by atoms with Crippen LogP contribution in [0.4, 0.5) is 22.7 Å². The average molecular weight is 1110 g/mol. The number of carbonyl (C=O) groups is 4. The summed E-state index contributed by atoms with van der Waals surface area (Å²) >= 11 is 0. The molecule has 16 heteroatoms. The molecule has 0 unspecified atom stereocenters. The maximum atomic E-state index is 13.8. The normalized spacial score (nSPS) is 11.9. The van der Waals surface area contributed by atoms with Crippen molar-refractivity contribution >= 4 is 46.4 Å². The van der Waals surface area contributed by atoms with E-state index in [4.69, 9.17) is 41.9 Å². The average Bonchev–Trinajstić information content (AvgIpc) is 3.43. The van der Waals surface area contributed by atoms with Gasteiger partial charge in [0.1, 0.15) is 23.0 Å². The Morgan fingerprint density at radius 3 is 0.675 bits per heavy atom. The zero-order valence-corrected chi connectivity index (χ0v) is 48.8. The van der Waals surface area contributed by atoms with Crippen molar-refractivity contribution in [3.05, 3.63) is 93.0 Å². The topological polar surface area (TPSA) is 257 Å². The molecule has 0 aromatic heterocycles. The summed E-state index contributed by atoms with van der Waals surface area (Å²) < 4.78 is 27.5. The van der Waals surface area contributed by atoms with E-state index >= 15 is 0 Å². The number of hydrogen-bond donors (Lipinski definition) is 8. The highest BCUT2D eigenvalue weighted by Gasteiger charge is 2.26. The lowest BCUT2D eigenvalue weighted by atomic mass is 9.90. The summed E-state index contributed by atoms with van der Waals surface area (Å²) in [5.74, 6) is 2.23. The monoisotopic (exact) mass is 1100 g/mol. The number of hydrogen-bond acceptors (Lipinski definition) is 12. The van der Waals surface area contributed by atoms with E-state index in [1.165, 1.54) is 0 Å². The van der Waals surface area contributed by atoms with Gasteiger partial charge < -0.3 is 63.1 Å². The van der Waals surface area contributed by atoms with Crippen molar-refractivity contribution in [3.8, 4) is 23.0 Å². The van der Waals surface area contributed by atoms with Gasteiger partial charge in [0.15, 0.2) is 0 Å². The highest BCUT2D eigenvalue weighted by atomic mass is 16.5. The fourth-order valence-corrected chi connectivity index (χ4v) is 10.1. The molecule has 12 N–H and O–H groups in total. The first-order valence-electron chi connectivity index (χ1n) is 30.1. The van der Waals surface area contributed by atoms with Crippen LogP contribution in [-0.2, 0) is 44.9 Å². The maximum Gasteiger partial charge on any atom is 0.224 e. The van der Waals surface area contributed by atoms with Crippen LogP contribution < -0.4 is 63.1 Å². The van der Waals surface area contributed by atoms with Crippen LogP contribution in [-0.4, -0.2) is 76.2 Å². The highest BCUT2D eigenvalue weighted by Crippen LogP contribution is 2.43. The van der Waals surface area contributed by atoms with Crippen LogP contribution in [0.3, 0.4) is 0 Å². The number of carbonyl (C=O) groups excluding carboxylic acids is 4. The van der Waals surface area contributed by atoms with E-state index in [1.807, 2.05) is 48.5 Å². The third-order valence-corrected chi connectivity index (χ3v) is 13.9. The molecule has 1 aliphatic rings. The van der Waals surface area contributed by atoms with E-state index in [1.54, 1.807) is 0 Å². The van der Waals surface area contributed by atoms with E-state index in [0.29, 0.717) is 175 Å². The maximum absolute atomic E-state index is 13.8. The number of ether oxygens (including phenoxy) is 4. The van der Waals surface area contributed by atoms with Gasteiger partial charge in [-0.15, -0.1) is 0 Å². The van der Waals surface area contributed by atoms with Gasteiger partial charge in [0.2, 0.25) is 23.6 Å². The first kappa shape index (κ1) is 64.6. The Morgan fingerprint density at radius 1 is 0.325 bits per heavy atom. The minimum atomic E-state index is -0.108. The largest absolute Gasteiger partial charge is 0.493 e. The molecule has 0 saturated carbocycles. The molecular weight excluding hydrogens is 1010 g/mol. The number of unbranched alkanes of at least 4 members (excludes halogenated alkanes) is 8. The van der Waals surface area contributed by atoms with Crippen LogP contribution in [0.1, 0.15) is 201 Å². The third-order valence-electron chi connectivity index (χ3n) is 13.9. The van der Waals surface area contributed by atoms with Gasteiger partial charge in [0.25, 0.3) is 0 Å². The van der Waals surface area contributed by atoms with Crippen LogP contribution in [0, 0.1) is 0 Å². The zero-order valence-electron chi connectivity index (χ0n) is 48.8. The molecule has 0 radical (unpaired) electrons. The van der Waals surface area contributed by atoms with E-state index < -0.39 is 0 Å². The van der Waals surface area contributed by atoms with Gasteiger partial charge in [-0.05, 0) is 152 Å². The molecule has 1 aliphatic carbocycles. The minimum Gasteiger partial charge on any atom is -0.493 e. The molecule has 0 fully saturated rings. The smallest absolute Gasteiger partial charge is 0.224 e. The number of anilines is 4. The van der Waals surface area contributed by atoms with Crippen LogP contribution in [0.2, 0.25) is 0 Å². The first-order valence-corrected chi connectivity index (χ1v) is 30.1. The second kappa shape index (κ2) is 36.2. The lowest BCUT2D eigenvalue weighted by Crippen LogP contribution is -2.16. The lowest BCUT2D eigenvalue weighted by Gasteiger charge is -2.25. The molecule has 5 rings (SSSR count). The van der Waals surface area contributed by atoms with Gasteiger partial charge in [0.05, 0.1) is 26.4 Å². The Kier molecular flexibility index (Phi) is 29.3. The van der Waals surface area contributed by atoms with Crippen molar-refractivity contribution in [1.82, 2.24) is 0 Å². The van der Waals surface area contributed by atoms with E-state index in [0.717, 1.165) is 122 Å². The van der Waals surface area contributed by atoms with Gasteiger partial charge in [0, 0.05) is 119 Å². The Balaban J connectivity index is 1.89. The quantitative estimate of drug-likeness (QED) is 0.0174. The van der Waals surface area contributed by atoms with E-state index in [-0.39, 0.29) is 23.6 Å². The second-order valence-corrected chi connectivity index (χ2v) is 21.2. The van der Waals surface area contributed by atoms with E-state index in [2.05, 4.69) is 49.0 Å². The predicted molar refractivity (Wildman–Crippen MR) is 325 cm³/mol. The molecule has 4 aromatic carbocycles. The van der Waals surface area contributed by atoms with Crippen LogP contribution >= 0.6 is 0 Å². The molecule has 8 bridgehead atoms. The number of nitrogens with two attached hydrogens (primary N) is 4. The van der Waals surface area contributed by atoms with Gasteiger partial charge >= 0.3 is 0 Å². The SMILES string of the molecule is CCCOc1c2cc(NC(=O)CCCCCN)cc1Cc1cc(NC(=O)CCCCCN)cc(c1OCCC)Cc1cc(NC(=O)CCCCCN)cc(c1OCCC)Cc1cc(NC(=O)CCCCCN)cc(c1OCCC)C2. The number of amides is 4. The molecule has 4 amide bonds. The standard InChI is InChI=1S/C64H96N8O8/c1-5-29-77-61-45-33-47-39-54(70-58(74)22-14-10-18-26-66)41-49(62(47)78-30-6-2)35-51-43-56(72-60(76)24-16-12-20-28-68)44-52(64(51)80-32-8-4)36-50-42-55(71-59(75)23-15-11-19-27-67)40-48(63(50)79-31-7-3)34-46(61)38-53(37-45)69-57(73)21-13-9-17-25-65/h37-44H,5-36,65-68H2,1-4H3,(H,69,73)(H,70,74)(H,71,75)(H,72,76). The summed E-state index contributed by atoms with van der Waals surface area (Å²) in [6, 6.07) is 16.0. The number of rotatable bonds is 36. The fraction of sp³-hybridized carbons (Fsp3) is 0.562. The summed E-state index contributed by atoms with van der Waals surface area (Å²) in [6.45, 7) is 12.2. The van der Waals surface area contributed by atoms with Crippen LogP contribution in [0.15, 0.2) is 48.5 Å².